The highest BCUT2D eigenvalue weighted by Gasteiger charge is 2.14. The quantitative estimate of drug-likeness (QED) is 0.603. The van der Waals surface area contributed by atoms with Gasteiger partial charge in [-0.1, -0.05) is 45.7 Å². The van der Waals surface area contributed by atoms with Gasteiger partial charge in [-0.3, -0.25) is 0 Å². The van der Waals surface area contributed by atoms with Crippen molar-refractivity contribution in [3.63, 3.8) is 0 Å². The molecule has 19 heavy (non-hydrogen) atoms. The zero-order valence-electron chi connectivity index (χ0n) is 10.0. The summed E-state index contributed by atoms with van der Waals surface area (Å²) in [5.41, 5.74) is 1.74. The minimum atomic E-state index is -0.210. The lowest BCUT2D eigenvalue weighted by Gasteiger charge is -2.15. The van der Waals surface area contributed by atoms with Gasteiger partial charge in [0.2, 0.25) is 0 Å². The molecule has 1 atom stereocenters. The first-order valence-corrected chi connectivity index (χ1v) is 7.56. The Morgan fingerprint density at radius 2 is 1.79 bits per heavy atom. The fraction of sp³-hybridized carbons (Fsp3) is 0.200. The fourth-order valence-corrected chi connectivity index (χ4v) is 2.70. The lowest BCUT2D eigenvalue weighted by molar-refractivity contribution is 0.597. The van der Waals surface area contributed by atoms with Crippen molar-refractivity contribution in [2.45, 2.75) is 12.3 Å². The highest BCUT2D eigenvalue weighted by Crippen LogP contribution is 2.26. The molecule has 0 aliphatic carbocycles. The molecular weight excluding hydrogens is 350 g/mol. The third kappa shape index (κ3) is 3.95. The van der Waals surface area contributed by atoms with Crippen LogP contribution in [0.2, 0.25) is 5.02 Å². The van der Waals surface area contributed by atoms with Gasteiger partial charge in [0.1, 0.15) is 5.82 Å². The van der Waals surface area contributed by atoms with Gasteiger partial charge in [-0.15, -0.1) is 11.6 Å². The van der Waals surface area contributed by atoms with E-state index in [9.17, 15) is 4.39 Å². The smallest absolute Gasteiger partial charge is 0.127 e. The van der Waals surface area contributed by atoms with Crippen LogP contribution in [-0.2, 0) is 6.42 Å². The average Bonchev–Trinajstić information content (AvgIpc) is 2.39. The molecule has 2 aromatic carbocycles. The third-order valence-electron chi connectivity index (χ3n) is 3.01. The summed E-state index contributed by atoms with van der Waals surface area (Å²) in [5.74, 6) is 0.310. The maximum Gasteiger partial charge on any atom is 0.127 e. The van der Waals surface area contributed by atoms with Gasteiger partial charge in [-0.25, -0.2) is 4.39 Å². The molecule has 100 valence electrons. The van der Waals surface area contributed by atoms with Gasteiger partial charge in [0, 0.05) is 21.3 Å². The van der Waals surface area contributed by atoms with Crippen LogP contribution < -0.4 is 0 Å². The molecule has 0 saturated heterocycles. The molecule has 2 aromatic rings. The van der Waals surface area contributed by atoms with Crippen LogP contribution in [0.25, 0.3) is 0 Å². The topological polar surface area (TPSA) is 0 Å². The number of hydrogen-bond acceptors (Lipinski definition) is 0. The third-order valence-corrected chi connectivity index (χ3v) is 4.13. The van der Waals surface area contributed by atoms with Crippen LogP contribution >= 0.6 is 39.1 Å². The first-order chi connectivity index (χ1) is 9.10. The van der Waals surface area contributed by atoms with Crippen LogP contribution in [0.5, 0.6) is 0 Å². The van der Waals surface area contributed by atoms with Gasteiger partial charge in [0.25, 0.3) is 0 Å². The number of benzene rings is 2. The average molecular weight is 362 g/mol. The van der Waals surface area contributed by atoms with E-state index in [1.54, 1.807) is 6.07 Å². The van der Waals surface area contributed by atoms with Gasteiger partial charge in [-0.2, -0.15) is 0 Å². The number of halogens is 4. The van der Waals surface area contributed by atoms with E-state index in [-0.39, 0.29) is 11.7 Å². The lowest BCUT2D eigenvalue weighted by Crippen LogP contribution is -2.06. The Kier molecular flexibility index (Phi) is 5.26. The molecule has 0 bridgehead atoms. The second kappa shape index (κ2) is 6.74. The molecule has 0 radical (unpaired) electrons. The molecule has 2 rings (SSSR count). The summed E-state index contributed by atoms with van der Waals surface area (Å²) < 4.78 is 14.6. The Morgan fingerprint density at radius 1 is 1.11 bits per heavy atom. The second-order valence-electron chi connectivity index (χ2n) is 4.34. The number of alkyl halides is 1. The predicted octanol–water partition coefficient (Wildman–Crippen LogP) is 5.81. The highest BCUT2D eigenvalue weighted by atomic mass is 79.9. The van der Waals surface area contributed by atoms with Crippen LogP contribution in [0, 0.1) is 5.82 Å². The molecule has 0 spiro atoms. The van der Waals surface area contributed by atoms with Crippen molar-refractivity contribution in [1.82, 2.24) is 0 Å². The normalized spacial score (nSPS) is 12.4. The van der Waals surface area contributed by atoms with Gasteiger partial charge in [-0.05, 0) is 41.8 Å². The van der Waals surface area contributed by atoms with Gasteiger partial charge in [0.05, 0.1) is 0 Å². The summed E-state index contributed by atoms with van der Waals surface area (Å²) in [4.78, 5) is 0. The fourth-order valence-electron chi connectivity index (χ4n) is 1.95. The minimum absolute atomic E-state index is 0.0783. The van der Waals surface area contributed by atoms with Gasteiger partial charge >= 0.3 is 0 Å². The Bertz CT molecular complexity index is 555. The van der Waals surface area contributed by atoms with Crippen LogP contribution in [-0.4, -0.2) is 5.88 Å². The van der Waals surface area contributed by atoms with E-state index in [1.807, 2.05) is 30.3 Å². The first-order valence-electron chi connectivity index (χ1n) is 5.85. The zero-order chi connectivity index (χ0) is 13.8. The van der Waals surface area contributed by atoms with Crippen molar-refractivity contribution in [3.8, 4) is 0 Å². The van der Waals surface area contributed by atoms with Crippen molar-refractivity contribution in [2.24, 2.45) is 0 Å². The van der Waals surface area contributed by atoms with Crippen LogP contribution in [0.4, 0.5) is 4.39 Å². The molecular formula is C15H12BrCl2F. The van der Waals surface area contributed by atoms with Gasteiger partial charge in [0.15, 0.2) is 0 Å². The zero-order valence-corrected chi connectivity index (χ0v) is 13.1. The maximum absolute atomic E-state index is 13.8. The second-order valence-corrected chi connectivity index (χ2v) is 6.00. The molecule has 0 saturated carbocycles. The summed E-state index contributed by atoms with van der Waals surface area (Å²) in [6, 6.07) is 12.6. The molecule has 0 fully saturated rings. The minimum Gasteiger partial charge on any atom is -0.207 e. The molecule has 0 aliphatic rings. The number of hydrogen-bond donors (Lipinski definition) is 0. The first kappa shape index (κ1) is 14.8. The standard InChI is InChI=1S/C15H12BrCl2F/c16-13-4-1-11(15(19)8-13)7-12(9-17)10-2-5-14(18)6-3-10/h1-6,8,12H,7,9H2. The van der Waals surface area contributed by atoms with Crippen molar-refractivity contribution >= 4 is 39.1 Å². The van der Waals surface area contributed by atoms with Crippen molar-refractivity contribution in [1.29, 1.82) is 0 Å². The molecule has 0 N–H and O–H groups in total. The van der Waals surface area contributed by atoms with E-state index in [0.29, 0.717) is 22.9 Å². The maximum atomic E-state index is 13.8. The van der Waals surface area contributed by atoms with E-state index >= 15 is 0 Å². The monoisotopic (exact) mass is 360 g/mol. The summed E-state index contributed by atoms with van der Waals surface area (Å²) in [5, 5.41) is 0.687. The Hall–Kier alpha value is -0.570. The van der Waals surface area contributed by atoms with E-state index in [4.69, 9.17) is 23.2 Å². The van der Waals surface area contributed by atoms with Crippen molar-refractivity contribution in [2.75, 3.05) is 5.88 Å². The summed E-state index contributed by atoms with van der Waals surface area (Å²) in [7, 11) is 0. The summed E-state index contributed by atoms with van der Waals surface area (Å²) in [6.07, 6.45) is 0.574. The van der Waals surface area contributed by atoms with Gasteiger partial charge < -0.3 is 0 Å². The lowest BCUT2D eigenvalue weighted by atomic mass is 9.93. The summed E-state index contributed by atoms with van der Waals surface area (Å²) in [6.45, 7) is 0. The van der Waals surface area contributed by atoms with E-state index in [0.717, 1.165) is 10.0 Å². The number of rotatable bonds is 4. The highest BCUT2D eigenvalue weighted by molar-refractivity contribution is 9.10. The van der Waals surface area contributed by atoms with Crippen molar-refractivity contribution < 1.29 is 4.39 Å². The largest absolute Gasteiger partial charge is 0.207 e. The molecule has 4 heteroatoms. The van der Waals surface area contributed by atoms with E-state index in [2.05, 4.69) is 15.9 Å². The molecule has 0 amide bonds. The van der Waals surface area contributed by atoms with Crippen LogP contribution in [0.3, 0.4) is 0 Å². The Balaban J connectivity index is 2.21. The van der Waals surface area contributed by atoms with E-state index in [1.165, 1.54) is 6.07 Å². The molecule has 0 aliphatic heterocycles. The molecule has 0 nitrogen and oxygen atoms in total. The van der Waals surface area contributed by atoms with Crippen LogP contribution in [0.1, 0.15) is 17.0 Å². The SMILES string of the molecule is Fc1cc(Br)ccc1CC(CCl)c1ccc(Cl)cc1. The predicted molar refractivity (Wildman–Crippen MR) is 82.7 cm³/mol. The van der Waals surface area contributed by atoms with E-state index < -0.39 is 0 Å². The molecule has 0 aromatic heterocycles. The summed E-state index contributed by atoms with van der Waals surface area (Å²) >= 11 is 15.1. The van der Waals surface area contributed by atoms with Crippen molar-refractivity contribution in [3.05, 3.63) is 68.9 Å². The molecule has 1 unspecified atom stereocenters. The Morgan fingerprint density at radius 3 is 2.37 bits per heavy atom. The molecule has 0 heterocycles. The Labute approximate surface area is 130 Å². The van der Waals surface area contributed by atoms with Crippen LogP contribution in [0.15, 0.2) is 46.9 Å².